The highest BCUT2D eigenvalue weighted by atomic mass is 16.5. The summed E-state index contributed by atoms with van der Waals surface area (Å²) in [6.45, 7) is 6.35. The van der Waals surface area contributed by atoms with E-state index in [4.69, 9.17) is 10.5 Å². The molecule has 0 aromatic carbocycles. The third-order valence-corrected chi connectivity index (χ3v) is 2.77. The molecule has 1 aromatic rings. The SMILES string of the molecule is NCc1cncn1CCN1CCOCC1. The summed E-state index contributed by atoms with van der Waals surface area (Å²) >= 11 is 0. The van der Waals surface area contributed by atoms with E-state index >= 15 is 0 Å². The Labute approximate surface area is 89.8 Å². The highest BCUT2D eigenvalue weighted by Crippen LogP contribution is 2.01. The minimum Gasteiger partial charge on any atom is -0.379 e. The summed E-state index contributed by atoms with van der Waals surface area (Å²) in [5.41, 5.74) is 6.71. The molecule has 1 aliphatic heterocycles. The van der Waals surface area contributed by atoms with Gasteiger partial charge < -0.3 is 15.0 Å². The largest absolute Gasteiger partial charge is 0.379 e. The molecule has 1 aliphatic rings. The molecule has 2 N–H and O–H groups in total. The lowest BCUT2D eigenvalue weighted by molar-refractivity contribution is 0.0363. The standard InChI is InChI=1S/C10H18N4O/c11-7-10-8-12-9-14(10)2-1-13-3-5-15-6-4-13/h8-9H,1-7,11H2. The van der Waals surface area contributed by atoms with Crippen LogP contribution in [0.15, 0.2) is 12.5 Å². The number of morpholine rings is 1. The molecule has 1 aromatic heterocycles. The van der Waals surface area contributed by atoms with E-state index < -0.39 is 0 Å². The van der Waals surface area contributed by atoms with Crippen molar-refractivity contribution in [2.45, 2.75) is 13.1 Å². The van der Waals surface area contributed by atoms with Crippen LogP contribution in [-0.2, 0) is 17.8 Å². The minimum absolute atomic E-state index is 0.559. The highest BCUT2D eigenvalue weighted by molar-refractivity contribution is 4.97. The Hall–Kier alpha value is -0.910. The number of hydrogen-bond donors (Lipinski definition) is 1. The van der Waals surface area contributed by atoms with E-state index in [1.807, 2.05) is 12.5 Å². The van der Waals surface area contributed by atoms with Gasteiger partial charge in [0.1, 0.15) is 0 Å². The van der Waals surface area contributed by atoms with Crippen LogP contribution in [0.25, 0.3) is 0 Å². The fraction of sp³-hybridized carbons (Fsp3) is 0.700. The molecule has 15 heavy (non-hydrogen) atoms. The zero-order valence-corrected chi connectivity index (χ0v) is 8.93. The van der Waals surface area contributed by atoms with E-state index in [-0.39, 0.29) is 0 Å². The average Bonchev–Trinajstić information content (AvgIpc) is 2.75. The maximum absolute atomic E-state index is 5.61. The summed E-state index contributed by atoms with van der Waals surface area (Å²) in [5, 5.41) is 0. The summed E-state index contributed by atoms with van der Waals surface area (Å²) in [4.78, 5) is 6.50. The molecule has 0 spiro atoms. The van der Waals surface area contributed by atoms with E-state index in [2.05, 4.69) is 14.5 Å². The van der Waals surface area contributed by atoms with Gasteiger partial charge in [-0.25, -0.2) is 4.98 Å². The van der Waals surface area contributed by atoms with Crippen molar-refractivity contribution in [3.8, 4) is 0 Å². The lowest BCUT2D eigenvalue weighted by atomic mass is 10.4. The third kappa shape index (κ3) is 2.77. The Kier molecular flexibility index (Phi) is 3.71. The number of aromatic nitrogens is 2. The first-order chi connectivity index (χ1) is 7.40. The van der Waals surface area contributed by atoms with E-state index in [0.29, 0.717) is 6.54 Å². The molecule has 0 bridgehead atoms. The maximum atomic E-state index is 5.61. The molecule has 0 aliphatic carbocycles. The summed E-state index contributed by atoms with van der Waals surface area (Å²) < 4.78 is 7.42. The molecule has 0 amide bonds. The van der Waals surface area contributed by atoms with Crippen LogP contribution in [0, 0.1) is 0 Å². The lowest BCUT2D eigenvalue weighted by Gasteiger charge is -2.26. The molecular formula is C10H18N4O. The zero-order valence-electron chi connectivity index (χ0n) is 8.93. The molecule has 0 atom stereocenters. The second-order valence-corrected chi connectivity index (χ2v) is 3.74. The van der Waals surface area contributed by atoms with Crippen LogP contribution in [0.1, 0.15) is 5.69 Å². The van der Waals surface area contributed by atoms with Crippen LogP contribution in [-0.4, -0.2) is 47.3 Å². The van der Waals surface area contributed by atoms with Crippen LogP contribution in [0.2, 0.25) is 0 Å². The fourth-order valence-corrected chi connectivity index (χ4v) is 1.79. The van der Waals surface area contributed by atoms with E-state index in [0.717, 1.165) is 45.1 Å². The van der Waals surface area contributed by atoms with Gasteiger partial charge in [-0.1, -0.05) is 0 Å². The van der Waals surface area contributed by atoms with Crippen molar-refractivity contribution in [1.29, 1.82) is 0 Å². The first-order valence-corrected chi connectivity index (χ1v) is 5.39. The lowest BCUT2D eigenvalue weighted by Crippen LogP contribution is -2.38. The Bertz CT molecular complexity index is 293. The predicted octanol–water partition coefficient (Wildman–Crippen LogP) is -0.326. The molecule has 1 saturated heterocycles. The Balaban J connectivity index is 1.81. The Morgan fingerprint density at radius 1 is 1.33 bits per heavy atom. The van der Waals surface area contributed by atoms with Gasteiger partial charge >= 0.3 is 0 Å². The first-order valence-electron chi connectivity index (χ1n) is 5.39. The molecule has 84 valence electrons. The Morgan fingerprint density at radius 2 is 2.13 bits per heavy atom. The normalized spacial score (nSPS) is 18.2. The van der Waals surface area contributed by atoms with Crippen LogP contribution < -0.4 is 5.73 Å². The molecule has 5 heteroatoms. The first kappa shape index (κ1) is 10.6. The topological polar surface area (TPSA) is 56.3 Å². The smallest absolute Gasteiger partial charge is 0.0949 e. The predicted molar refractivity (Wildman–Crippen MR) is 57.4 cm³/mol. The molecule has 0 saturated carbocycles. The molecule has 0 radical (unpaired) electrons. The van der Waals surface area contributed by atoms with Crippen LogP contribution in [0.3, 0.4) is 0 Å². The number of nitrogens with two attached hydrogens (primary N) is 1. The molecule has 2 heterocycles. The number of imidazole rings is 1. The van der Waals surface area contributed by atoms with E-state index in [1.165, 1.54) is 0 Å². The number of ether oxygens (including phenoxy) is 1. The molecule has 1 fully saturated rings. The van der Waals surface area contributed by atoms with Crippen molar-refractivity contribution in [3.05, 3.63) is 18.2 Å². The van der Waals surface area contributed by atoms with Crippen molar-refractivity contribution >= 4 is 0 Å². The van der Waals surface area contributed by atoms with Gasteiger partial charge in [0.2, 0.25) is 0 Å². The van der Waals surface area contributed by atoms with Crippen molar-refractivity contribution in [2.24, 2.45) is 5.73 Å². The van der Waals surface area contributed by atoms with E-state index in [1.54, 1.807) is 0 Å². The Morgan fingerprint density at radius 3 is 2.87 bits per heavy atom. The third-order valence-electron chi connectivity index (χ3n) is 2.77. The van der Waals surface area contributed by atoms with Crippen molar-refractivity contribution < 1.29 is 4.74 Å². The van der Waals surface area contributed by atoms with Gasteiger partial charge in [0.15, 0.2) is 0 Å². The second-order valence-electron chi connectivity index (χ2n) is 3.74. The molecule has 5 nitrogen and oxygen atoms in total. The monoisotopic (exact) mass is 210 g/mol. The molecular weight excluding hydrogens is 192 g/mol. The summed E-state index contributed by atoms with van der Waals surface area (Å²) in [6.07, 6.45) is 3.68. The van der Waals surface area contributed by atoms with Gasteiger partial charge in [0.05, 0.1) is 25.2 Å². The van der Waals surface area contributed by atoms with Gasteiger partial charge in [0.25, 0.3) is 0 Å². The van der Waals surface area contributed by atoms with Gasteiger partial charge in [-0.2, -0.15) is 0 Å². The van der Waals surface area contributed by atoms with E-state index in [9.17, 15) is 0 Å². The average molecular weight is 210 g/mol. The van der Waals surface area contributed by atoms with Gasteiger partial charge in [-0.3, -0.25) is 4.90 Å². The van der Waals surface area contributed by atoms with Crippen LogP contribution in [0.4, 0.5) is 0 Å². The number of nitrogens with zero attached hydrogens (tertiary/aromatic N) is 3. The van der Waals surface area contributed by atoms with Crippen molar-refractivity contribution in [1.82, 2.24) is 14.5 Å². The summed E-state index contributed by atoms with van der Waals surface area (Å²) in [5.74, 6) is 0. The van der Waals surface area contributed by atoms with Crippen molar-refractivity contribution in [2.75, 3.05) is 32.8 Å². The minimum atomic E-state index is 0.559. The van der Waals surface area contributed by atoms with Gasteiger partial charge in [-0.15, -0.1) is 0 Å². The summed E-state index contributed by atoms with van der Waals surface area (Å²) in [6, 6.07) is 0. The van der Waals surface area contributed by atoms with Crippen molar-refractivity contribution in [3.63, 3.8) is 0 Å². The molecule has 0 unspecified atom stereocenters. The zero-order chi connectivity index (χ0) is 10.5. The highest BCUT2D eigenvalue weighted by Gasteiger charge is 2.10. The number of hydrogen-bond acceptors (Lipinski definition) is 4. The van der Waals surface area contributed by atoms with Gasteiger partial charge in [0, 0.05) is 38.9 Å². The maximum Gasteiger partial charge on any atom is 0.0949 e. The fourth-order valence-electron chi connectivity index (χ4n) is 1.79. The van der Waals surface area contributed by atoms with Crippen LogP contribution >= 0.6 is 0 Å². The quantitative estimate of drug-likeness (QED) is 0.739. The van der Waals surface area contributed by atoms with Crippen LogP contribution in [0.5, 0.6) is 0 Å². The number of rotatable bonds is 4. The summed E-state index contributed by atoms with van der Waals surface area (Å²) in [7, 11) is 0. The molecule has 2 rings (SSSR count). The second kappa shape index (κ2) is 5.25. The van der Waals surface area contributed by atoms with Gasteiger partial charge in [-0.05, 0) is 0 Å².